The summed E-state index contributed by atoms with van der Waals surface area (Å²) in [5.41, 5.74) is 8.24. The molecule has 1 aliphatic carbocycles. The molecule has 0 bridgehead atoms. The molecule has 1 aromatic rings. The lowest BCUT2D eigenvalue weighted by atomic mass is 10.1. The number of ether oxygens (including phenoxy) is 1. The molecule has 1 aliphatic heterocycles. The van der Waals surface area contributed by atoms with Gasteiger partial charge in [0.1, 0.15) is 0 Å². The second kappa shape index (κ2) is 6.95. The first-order valence-electron chi connectivity index (χ1n) is 8.34. The summed E-state index contributed by atoms with van der Waals surface area (Å²) in [4.78, 5) is 21.6. The Bertz CT molecular complexity index is 572. The predicted octanol–water partition coefficient (Wildman–Crippen LogP) is 0.820. The van der Waals surface area contributed by atoms with E-state index in [2.05, 4.69) is 9.88 Å². The molecule has 2 aliphatic rings. The summed E-state index contributed by atoms with van der Waals surface area (Å²) in [5, 5.41) is 0. The van der Waals surface area contributed by atoms with E-state index in [-0.39, 0.29) is 12.0 Å². The standard InChI is InChI=1S/C17H26N4O2/c1-20(2)10-14-11-21(7-8-23-14)17(22)15-6-5-13(9-18)19-16(15)12-3-4-12/h5-6,12,14H,3-4,7-11,18H2,1-2H3. The second-order valence-electron chi connectivity index (χ2n) is 6.72. The molecule has 0 spiro atoms. The Hall–Kier alpha value is -1.50. The van der Waals surface area contributed by atoms with E-state index in [0.29, 0.717) is 32.2 Å². The van der Waals surface area contributed by atoms with Gasteiger partial charge in [0.2, 0.25) is 0 Å². The third-order valence-corrected chi connectivity index (χ3v) is 4.38. The molecule has 2 fully saturated rings. The molecule has 2 N–H and O–H groups in total. The zero-order valence-electron chi connectivity index (χ0n) is 14.0. The topological polar surface area (TPSA) is 71.7 Å². The Morgan fingerprint density at radius 1 is 1.43 bits per heavy atom. The van der Waals surface area contributed by atoms with Gasteiger partial charge in [0, 0.05) is 32.1 Å². The van der Waals surface area contributed by atoms with Gasteiger partial charge < -0.3 is 20.3 Å². The number of carbonyl (C=O) groups excluding carboxylic acids is 1. The molecule has 0 aromatic carbocycles. The molecule has 1 atom stereocenters. The first-order chi connectivity index (χ1) is 11.1. The zero-order valence-corrected chi connectivity index (χ0v) is 14.0. The average Bonchev–Trinajstić information content (AvgIpc) is 3.38. The smallest absolute Gasteiger partial charge is 0.255 e. The molecule has 6 nitrogen and oxygen atoms in total. The zero-order chi connectivity index (χ0) is 16.4. The molecule has 1 aromatic heterocycles. The number of pyridine rings is 1. The fraction of sp³-hybridized carbons (Fsp3) is 0.647. The van der Waals surface area contributed by atoms with Crippen molar-refractivity contribution < 1.29 is 9.53 Å². The van der Waals surface area contributed by atoms with Crippen LogP contribution in [0.5, 0.6) is 0 Å². The van der Waals surface area contributed by atoms with Crippen LogP contribution in [0.4, 0.5) is 0 Å². The Morgan fingerprint density at radius 3 is 2.87 bits per heavy atom. The van der Waals surface area contributed by atoms with Gasteiger partial charge in [-0.05, 0) is 39.1 Å². The van der Waals surface area contributed by atoms with Crippen molar-refractivity contribution in [3.05, 3.63) is 29.1 Å². The summed E-state index contributed by atoms with van der Waals surface area (Å²) in [6, 6.07) is 3.78. The number of morpholine rings is 1. The van der Waals surface area contributed by atoms with Crippen molar-refractivity contribution in [1.29, 1.82) is 0 Å². The molecule has 1 saturated carbocycles. The molecule has 2 heterocycles. The monoisotopic (exact) mass is 318 g/mol. The van der Waals surface area contributed by atoms with E-state index in [0.717, 1.165) is 36.3 Å². The molecule has 126 valence electrons. The molecule has 6 heteroatoms. The highest BCUT2D eigenvalue weighted by atomic mass is 16.5. The molecule has 1 amide bonds. The number of rotatable bonds is 5. The normalized spacial score (nSPS) is 21.7. The van der Waals surface area contributed by atoms with E-state index in [1.54, 1.807) is 0 Å². The Balaban J connectivity index is 1.77. The van der Waals surface area contributed by atoms with E-state index in [1.165, 1.54) is 0 Å². The molecule has 1 unspecified atom stereocenters. The molecular weight excluding hydrogens is 292 g/mol. The Labute approximate surface area is 137 Å². The van der Waals surface area contributed by atoms with E-state index < -0.39 is 0 Å². The summed E-state index contributed by atoms with van der Waals surface area (Å²) in [6.45, 7) is 3.11. The van der Waals surface area contributed by atoms with Crippen LogP contribution >= 0.6 is 0 Å². The summed E-state index contributed by atoms with van der Waals surface area (Å²) >= 11 is 0. The number of hydrogen-bond acceptors (Lipinski definition) is 5. The fourth-order valence-electron chi connectivity index (χ4n) is 3.07. The summed E-state index contributed by atoms with van der Waals surface area (Å²) in [7, 11) is 4.04. The van der Waals surface area contributed by atoms with Crippen LogP contribution in [0, 0.1) is 0 Å². The van der Waals surface area contributed by atoms with Crippen molar-refractivity contribution in [2.75, 3.05) is 40.3 Å². The molecule has 1 saturated heterocycles. The van der Waals surface area contributed by atoms with Crippen molar-refractivity contribution in [3.8, 4) is 0 Å². The minimum absolute atomic E-state index is 0.0725. The maximum absolute atomic E-state index is 13.0. The van der Waals surface area contributed by atoms with Crippen molar-refractivity contribution in [3.63, 3.8) is 0 Å². The number of hydrogen-bond donors (Lipinski definition) is 1. The van der Waals surface area contributed by atoms with Gasteiger partial charge in [0.15, 0.2) is 0 Å². The Morgan fingerprint density at radius 2 is 2.22 bits per heavy atom. The maximum atomic E-state index is 13.0. The van der Waals surface area contributed by atoms with Crippen LogP contribution in [0.25, 0.3) is 0 Å². The fourth-order valence-corrected chi connectivity index (χ4v) is 3.07. The quantitative estimate of drug-likeness (QED) is 0.870. The lowest BCUT2D eigenvalue weighted by Crippen LogP contribution is -2.49. The van der Waals surface area contributed by atoms with E-state index >= 15 is 0 Å². The Kier molecular flexibility index (Phi) is 4.94. The van der Waals surface area contributed by atoms with Crippen molar-refractivity contribution >= 4 is 5.91 Å². The number of nitrogens with two attached hydrogens (primary N) is 1. The largest absolute Gasteiger partial charge is 0.373 e. The highest BCUT2D eigenvalue weighted by molar-refractivity contribution is 5.95. The lowest BCUT2D eigenvalue weighted by molar-refractivity contribution is -0.0306. The summed E-state index contributed by atoms with van der Waals surface area (Å²) in [5.74, 6) is 0.508. The summed E-state index contributed by atoms with van der Waals surface area (Å²) < 4.78 is 5.76. The highest BCUT2D eigenvalue weighted by Crippen LogP contribution is 2.41. The molecular formula is C17H26N4O2. The lowest BCUT2D eigenvalue weighted by Gasteiger charge is -2.34. The average molecular weight is 318 g/mol. The van der Waals surface area contributed by atoms with Crippen molar-refractivity contribution in [2.45, 2.75) is 31.4 Å². The van der Waals surface area contributed by atoms with Gasteiger partial charge in [0.05, 0.1) is 29.7 Å². The second-order valence-corrected chi connectivity index (χ2v) is 6.72. The van der Waals surface area contributed by atoms with Crippen LogP contribution in [0.2, 0.25) is 0 Å². The summed E-state index contributed by atoms with van der Waals surface area (Å²) in [6.07, 6.45) is 2.31. The first kappa shape index (κ1) is 16.4. The van der Waals surface area contributed by atoms with E-state index in [9.17, 15) is 4.79 Å². The van der Waals surface area contributed by atoms with Gasteiger partial charge in [-0.15, -0.1) is 0 Å². The van der Waals surface area contributed by atoms with Gasteiger partial charge in [0.25, 0.3) is 5.91 Å². The van der Waals surface area contributed by atoms with E-state index in [4.69, 9.17) is 10.5 Å². The maximum Gasteiger partial charge on any atom is 0.255 e. The van der Waals surface area contributed by atoms with Crippen LogP contribution in [0.15, 0.2) is 12.1 Å². The third-order valence-electron chi connectivity index (χ3n) is 4.38. The van der Waals surface area contributed by atoms with Crippen LogP contribution in [0.3, 0.4) is 0 Å². The van der Waals surface area contributed by atoms with Crippen LogP contribution in [-0.2, 0) is 11.3 Å². The predicted molar refractivity (Wildman–Crippen MR) is 88.3 cm³/mol. The minimum Gasteiger partial charge on any atom is -0.373 e. The number of aromatic nitrogens is 1. The first-order valence-corrected chi connectivity index (χ1v) is 8.34. The van der Waals surface area contributed by atoms with Gasteiger partial charge in [-0.2, -0.15) is 0 Å². The van der Waals surface area contributed by atoms with Crippen LogP contribution < -0.4 is 5.73 Å². The molecule has 23 heavy (non-hydrogen) atoms. The number of amides is 1. The SMILES string of the molecule is CN(C)CC1CN(C(=O)c2ccc(CN)nc2C2CC2)CCO1. The van der Waals surface area contributed by atoms with Gasteiger partial charge >= 0.3 is 0 Å². The molecule has 0 radical (unpaired) electrons. The highest BCUT2D eigenvalue weighted by Gasteiger charge is 2.33. The van der Waals surface area contributed by atoms with Gasteiger partial charge in [-0.1, -0.05) is 0 Å². The van der Waals surface area contributed by atoms with Crippen LogP contribution in [0.1, 0.15) is 40.5 Å². The number of carbonyl (C=O) groups is 1. The van der Waals surface area contributed by atoms with Crippen molar-refractivity contribution in [2.24, 2.45) is 5.73 Å². The van der Waals surface area contributed by atoms with Crippen LogP contribution in [-0.4, -0.2) is 67.1 Å². The number of nitrogens with zero attached hydrogens (tertiary/aromatic N) is 3. The van der Waals surface area contributed by atoms with Gasteiger partial charge in [-0.3, -0.25) is 9.78 Å². The third kappa shape index (κ3) is 3.88. The van der Waals surface area contributed by atoms with Crippen molar-refractivity contribution in [1.82, 2.24) is 14.8 Å². The minimum atomic E-state index is 0.0725. The number of likely N-dealkylation sites (N-methyl/N-ethyl adjacent to an activating group) is 1. The van der Waals surface area contributed by atoms with Gasteiger partial charge in [-0.25, -0.2) is 0 Å². The van der Waals surface area contributed by atoms with E-state index in [1.807, 2.05) is 31.1 Å². The molecule has 3 rings (SSSR count).